The highest BCUT2D eigenvalue weighted by Gasteiger charge is 2.17. The van der Waals surface area contributed by atoms with Crippen LogP contribution in [0.15, 0.2) is 217 Å². The Kier molecular flexibility index (Phi) is 8.95. The fourth-order valence-corrected chi connectivity index (χ4v) is 9.70. The largest absolute Gasteiger partial charge is 0.455 e. The Morgan fingerprint density at radius 1 is 0.450 bits per heavy atom. The van der Waals surface area contributed by atoms with Gasteiger partial charge < -0.3 is 9.32 Å². The normalized spacial score (nSPS) is 11.8. The van der Waals surface area contributed by atoms with Crippen LogP contribution >= 0.6 is 11.3 Å². The summed E-state index contributed by atoms with van der Waals surface area (Å²) in [5, 5.41) is 4.85. The second-order valence-corrected chi connectivity index (χ2v) is 16.5. The smallest absolute Gasteiger partial charge is 0.143 e. The van der Waals surface area contributed by atoms with E-state index in [0.717, 1.165) is 50.1 Å². The van der Waals surface area contributed by atoms with Crippen LogP contribution in [0.5, 0.6) is 0 Å². The van der Waals surface area contributed by atoms with Gasteiger partial charge in [-0.15, -0.1) is 11.3 Å². The molecule has 0 aliphatic heterocycles. The summed E-state index contributed by atoms with van der Waals surface area (Å²) in [5.41, 5.74) is 15.8. The van der Waals surface area contributed by atoms with Crippen molar-refractivity contribution < 1.29 is 4.42 Å². The van der Waals surface area contributed by atoms with E-state index in [4.69, 9.17) is 4.42 Å². The molecule has 3 heteroatoms. The van der Waals surface area contributed by atoms with Gasteiger partial charge in [0, 0.05) is 53.6 Å². The quantitative estimate of drug-likeness (QED) is 0.143. The van der Waals surface area contributed by atoms with Gasteiger partial charge in [-0.2, -0.15) is 0 Å². The molecule has 0 atom stereocenters. The molecule has 60 heavy (non-hydrogen) atoms. The summed E-state index contributed by atoms with van der Waals surface area (Å²) in [6, 6.07) is 76.4. The number of thiophene rings is 1. The van der Waals surface area contributed by atoms with Crippen LogP contribution in [0.4, 0.5) is 17.1 Å². The third-order valence-electron chi connectivity index (χ3n) is 11.5. The van der Waals surface area contributed by atoms with Crippen LogP contribution in [-0.2, 0) is 0 Å². The second-order valence-electron chi connectivity index (χ2n) is 15.4. The fourth-order valence-electron chi connectivity index (χ4n) is 8.57. The van der Waals surface area contributed by atoms with Crippen LogP contribution < -0.4 is 4.90 Å². The van der Waals surface area contributed by atoms with E-state index in [1.165, 1.54) is 59.1 Å². The highest BCUT2D eigenvalue weighted by molar-refractivity contribution is 7.25. The first-order valence-electron chi connectivity index (χ1n) is 20.4. The molecule has 0 saturated heterocycles. The number of fused-ring (bicyclic) bond motifs is 6. The number of furan rings is 1. The SMILES string of the molecule is Cc1cccc(N(c2ccc(-c3ccc4sc5cc(/C(=C\c6ccccc6)c6ccccc6)ccc5c4c3)cc2)c2ccc(-c3cccc4c3oc3ccccc34)cc2)c1. The number of benzene rings is 9. The van der Waals surface area contributed by atoms with Crippen molar-refractivity contribution in [3.05, 3.63) is 235 Å². The molecule has 11 rings (SSSR count). The molecule has 0 saturated carbocycles. The Bertz CT molecular complexity index is 3360. The van der Waals surface area contributed by atoms with Crippen LogP contribution in [0, 0.1) is 6.92 Å². The van der Waals surface area contributed by atoms with Crippen molar-refractivity contribution in [2.24, 2.45) is 0 Å². The third kappa shape index (κ3) is 6.56. The highest BCUT2D eigenvalue weighted by Crippen LogP contribution is 2.42. The van der Waals surface area contributed by atoms with Crippen molar-refractivity contribution in [2.75, 3.05) is 4.90 Å². The van der Waals surface area contributed by atoms with Crippen molar-refractivity contribution >= 4 is 82.2 Å². The zero-order valence-corrected chi connectivity index (χ0v) is 33.9. The lowest BCUT2D eigenvalue weighted by molar-refractivity contribution is 0.670. The molecule has 284 valence electrons. The molecule has 0 aliphatic carbocycles. The number of hydrogen-bond donors (Lipinski definition) is 0. The van der Waals surface area contributed by atoms with Crippen LogP contribution in [-0.4, -0.2) is 0 Å². The molecule has 0 amide bonds. The van der Waals surface area contributed by atoms with Crippen LogP contribution in [0.1, 0.15) is 22.3 Å². The lowest BCUT2D eigenvalue weighted by Crippen LogP contribution is -2.10. The summed E-state index contributed by atoms with van der Waals surface area (Å²) < 4.78 is 8.97. The first-order valence-corrected chi connectivity index (χ1v) is 21.2. The Morgan fingerprint density at radius 3 is 1.92 bits per heavy atom. The van der Waals surface area contributed by atoms with Gasteiger partial charge in [-0.25, -0.2) is 0 Å². The van der Waals surface area contributed by atoms with Crippen LogP contribution in [0.2, 0.25) is 0 Å². The van der Waals surface area contributed by atoms with E-state index < -0.39 is 0 Å². The molecule has 2 aromatic heterocycles. The van der Waals surface area contributed by atoms with Gasteiger partial charge in [0.15, 0.2) is 0 Å². The predicted molar refractivity (Wildman–Crippen MR) is 257 cm³/mol. The standard InChI is InChI=1S/C57H39NOS/c1-38-12-10-17-47(34-38)58(46-30-24-42(25-31-46)48-19-11-20-51-49-18-8-9-21-54(49)59-57(48)51)45-28-22-40(23-29-45)43-27-33-55-53(36-43)50-32-26-44(37-56(50)60-55)52(41-15-6-3-7-16-41)35-39-13-4-2-5-14-39/h2-37H,1H3/b52-35-. The summed E-state index contributed by atoms with van der Waals surface area (Å²) in [4.78, 5) is 2.34. The molecule has 2 nitrogen and oxygen atoms in total. The molecule has 0 aliphatic rings. The lowest BCUT2D eigenvalue weighted by Gasteiger charge is -2.26. The topological polar surface area (TPSA) is 16.4 Å². The van der Waals surface area contributed by atoms with Crippen LogP contribution in [0.25, 0.3) is 76.0 Å². The van der Waals surface area contributed by atoms with E-state index in [1.54, 1.807) is 0 Å². The van der Waals surface area contributed by atoms with Crippen LogP contribution in [0.3, 0.4) is 0 Å². The monoisotopic (exact) mass is 785 g/mol. The summed E-state index contributed by atoms with van der Waals surface area (Å²) >= 11 is 1.86. The number of nitrogens with zero attached hydrogens (tertiary/aromatic N) is 1. The van der Waals surface area contributed by atoms with Crippen molar-refractivity contribution in [1.82, 2.24) is 0 Å². The summed E-state index contributed by atoms with van der Waals surface area (Å²) in [7, 11) is 0. The minimum absolute atomic E-state index is 0.910. The maximum atomic E-state index is 6.39. The number of rotatable bonds is 8. The average molecular weight is 786 g/mol. The first kappa shape index (κ1) is 35.7. The molecule has 0 radical (unpaired) electrons. The van der Waals surface area contributed by atoms with E-state index in [9.17, 15) is 0 Å². The Labute approximate surface area is 353 Å². The molecular formula is C57H39NOS. The van der Waals surface area contributed by atoms with Crippen molar-refractivity contribution in [1.29, 1.82) is 0 Å². The van der Waals surface area contributed by atoms with Gasteiger partial charge in [-0.05, 0) is 118 Å². The van der Waals surface area contributed by atoms with E-state index in [2.05, 4.69) is 218 Å². The number of anilines is 3. The zero-order valence-electron chi connectivity index (χ0n) is 33.0. The molecule has 0 bridgehead atoms. The van der Waals surface area contributed by atoms with E-state index in [0.29, 0.717) is 0 Å². The number of para-hydroxylation sites is 2. The zero-order chi connectivity index (χ0) is 40.0. The number of hydrogen-bond acceptors (Lipinski definition) is 3. The summed E-state index contributed by atoms with van der Waals surface area (Å²) in [6.45, 7) is 2.15. The fraction of sp³-hybridized carbons (Fsp3) is 0.0175. The van der Waals surface area contributed by atoms with Gasteiger partial charge in [0.2, 0.25) is 0 Å². The van der Waals surface area contributed by atoms with Crippen molar-refractivity contribution in [2.45, 2.75) is 6.92 Å². The molecule has 0 unspecified atom stereocenters. The number of aryl methyl sites for hydroxylation is 1. The lowest BCUT2D eigenvalue weighted by atomic mass is 9.95. The molecule has 0 spiro atoms. The van der Waals surface area contributed by atoms with Gasteiger partial charge in [-0.1, -0.05) is 152 Å². The third-order valence-corrected chi connectivity index (χ3v) is 12.7. The van der Waals surface area contributed by atoms with Crippen molar-refractivity contribution in [3.8, 4) is 22.3 Å². The second kappa shape index (κ2) is 15.0. The van der Waals surface area contributed by atoms with E-state index >= 15 is 0 Å². The Hall–Kier alpha value is -7.46. The van der Waals surface area contributed by atoms with Gasteiger partial charge >= 0.3 is 0 Å². The Balaban J connectivity index is 0.926. The predicted octanol–water partition coefficient (Wildman–Crippen LogP) is 16.7. The van der Waals surface area contributed by atoms with Gasteiger partial charge in [0.05, 0.1) is 0 Å². The van der Waals surface area contributed by atoms with Gasteiger partial charge in [-0.3, -0.25) is 0 Å². The highest BCUT2D eigenvalue weighted by atomic mass is 32.1. The Morgan fingerprint density at radius 2 is 1.13 bits per heavy atom. The molecule has 11 aromatic rings. The minimum Gasteiger partial charge on any atom is -0.455 e. The summed E-state index contributed by atoms with van der Waals surface area (Å²) in [6.07, 6.45) is 2.30. The van der Waals surface area contributed by atoms with Gasteiger partial charge in [0.25, 0.3) is 0 Å². The maximum absolute atomic E-state index is 6.39. The van der Waals surface area contributed by atoms with Crippen molar-refractivity contribution in [3.63, 3.8) is 0 Å². The van der Waals surface area contributed by atoms with E-state index in [-0.39, 0.29) is 0 Å². The molecule has 2 heterocycles. The van der Waals surface area contributed by atoms with E-state index in [1.807, 2.05) is 23.5 Å². The average Bonchev–Trinajstić information content (AvgIpc) is 3.87. The molecular weight excluding hydrogens is 747 g/mol. The van der Waals surface area contributed by atoms with Gasteiger partial charge in [0.1, 0.15) is 11.2 Å². The molecule has 0 fully saturated rings. The molecule has 0 N–H and O–H groups in total. The first-order chi connectivity index (χ1) is 29.6. The maximum Gasteiger partial charge on any atom is 0.143 e. The minimum atomic E-state index is 0.910. The molecule has 9 aromatic carbocycles. The summed E-state index contributed by atoms with van der Waals surface area (Å²) in [5.74, 6) is 0.